The molecule has 0 aliphatic carbocycles. The highest BCUT2D eigenvalue weighted by atomic mass is 16.5. The first-order chi connectivity index (χ1) is 17.4. The molecule has 2 aromatic carbocycles. The second-order valence-electron chi connectivity index (χ2n) is 7.95. The zero-order chi connectivity index (χ0) is 26.2. The smallest absolute Gasteiger partial charge is 0.331 e. The third-order valence-electron chi connectivity index (χ3n) is 5.47. The van der Waals surface area contributed by atoms with Gasteiger partial charge in [0.1, 0.15) is 5.57 Å². The van der Waals surface area contributed by atoms with Crippen molar-refractivity contribution in [2.45, 2.75) is 26.3 Å². The van der Waals surface area contributed by atoms with Gasteiger partial charge in [-0.15, -0.1) is 6.58 Å². The van der Waals surface area contributed by atoms with Crippen molar-refractivity contribution in [2.24, 2.45) is 0 Å². The summed E-state index contributed by atoms with van der Waals surface area (Å²) in [6, 6.07) is 7.79. The lowest BCUT2D eigenvalue weighted by atomic mass is 10.0. The lowest BCUT2D eigenvalue weighted by Gasteiger charge is -2.26. The SMILES string of the molecule is C=CCc1cc(/C=C2\C(=O)NC(=O)N(Cc3ccc(OCCC)c(OC)c3)C2=O)cc(OC)c1OC. The van der Waals surface area contributed by atoms with Crippen molar-refractivity contribution in [3.8, 4) is 23.0 Å². The van der Waals surface area contributed by atoms with Crippen LogP contribution in [0, 0.1) is 0 Å². The summed E-state index contributed by atoms with van der Waals surface area (Å²) in [5, 5.41) is 2.24. The monoisotopic (exact) mass is 494 g/mol. The minimum absolute atomic E-state index is 0.0622. The molecular formula is C27H30N2O7. The number of carbonyl (C=O) groups excluding carboxylic acids is 3. The van der Waals surface area contributed by atoms with Gasteiger partial charge in [0.2, 0.25) is 0 Å². The highest BCUT2D eigenvalue weighted by molar-refractivity contribution is 6.31. The third kappa shape index (κ3) is 5.68. The molecule has 1 aliphatic heterocycles. The predicted octanol–water partition coefficient (Wildman–Crippen LogP) is 3.89. The van der Waals surface area contributed by atoms with Gasteiger partial charge in [-0.2, -0.15) is 0 Å². The maximum absolute atomic E-state index is 13.3. The molecule has 2 aromatic rings. The highest BCUT2D eigenvalue weighted by Crippen LogP contribution is 2.34. The van der Waals surface area contributed by atoms with E-state index in [1.54, 1.807) is 36.4 Å². The van der Waals surface area contributed by atoms with Gasteiger partial charge in [-0.25, -0.2) is 4.79 Å². The Morgan fingerprint density at radius 3 is 2.36 bits per heavy atom. The van der Waals surface area contributed by atoms with Crippen molar-refractivity contribution < 1.29 is 33.3 Å². The first-order valence-corrected chi connectivity index (χ1v) is 11.4. The zero-order valence-corrected chi connectivity index (χ0v) is 20.9. The van der Waals surface area contributed by atoms with E-state index in [4.69, 9.17) is 18.9 Å². The van der Waals surface area contributed by atoms with Crippen LogP contribution in [0.4, 0.5) is 4.79 Å². The van der Waals surface area contributed by atoms with Crippen LogP contribution in [0.1, 0.15) is 30.0 Å². The number of benzene rings is 2. The van der Waals surface area contributed by atoms with E-state index < -0.39 is 17.8 Å². The molecule has 0 radical (unpaired) electrons. The zero-order valence-electron chi connectivity index (χ0n) is 20.9. The van der Waals surface area contributed by atoms with E-state index in [0.29, 0.717) is 47.2 Å². The Hall–Kier alpha value is -4.27. The second-order valence-corrected chi connectivity index (χ2v) is 7.95. The minimum Gasteiger partial charge on any atom is -0.493 e. The lowest BCUT2D eigenvalue weighted by molar-refractivity contribution is -0.130. The standard InChI is InChI=1S/C27H30N2O7/c1-6-8-19-12-18(15-23(34-4)24(19)35-5)13-20-25(30)28-27(32)29(26(20)31)16-17-9-10-21(36-11-7-2)22(14-17)33-3/h6,9-10,12-15H,1,7-8,11,16H2,2-5H3,(H,28,30,32)/b20-13+. The van der Waals surface area contributed by atoms with Crippen molar-refractivity contribution >= 4 is 23.9 Å². The molecule has 1 N–H and O–H groups in total. The Morgan fingerprint density at radius 1 is 0.972 bits per heavy atom. The summed E-state index contributed by atoms with van der Waals surface area (Å²) in [6.07, 6.45) is 4.46. The molecule has 3 rings (SSSR count). The van der Waals surface area contributed by atoms with Crippen LogP contribution in [0.3, 0.4) is 0 Å². The molecule has 9 nitrogen and oxygen atoms in total. The Labute approximate surface area is 210 Å². The summed E-state index contributed by atoms with van der Waals surface area (Å²) >= 11 is 0. The quantitative estimate of drug-likeness (QED) is 0.287. The van der Waals surface area contributed by atoms with Crippen LogP contribution in [-0.2, 0) is 22.6 Å². The first-order valence-electron chi connectivity index (χ1n) is 11.4. The van der Waals surface area contributed by atoms with E-state index in [0.717, 1.165) is 16.9 Å². The molecule has 0 aromatic heterocycles. The predicted molar refractivity (Wildman–Crippen MR) is 134 cm³/mol. The number of rotatable bonds is 11. The molecule has 1 fully saturated rings. The summed E-state index contributed by atoms with van der Waals surface area (Å²) in [4.78, 5) is 39.4. The first kappa shape index (κ1) is 26.3. The number of nitrogens with one attached hydrogen (secondary N) is 1. The van der Waals surface area contributed by atoms with E-state index in [1.165, 1.54) is 27.4 Å². The fourth-order valence-electron chi connectivity index (χ4n) is 3.79. The summed E-state index contributed by atoms with van der Waals surface area (Å²) in [6.45, 7) is 6.22. The maximum Gasteiger partial charge on any atom is 0.331 e. The van der Waals surface area contributed by atoms with Crippen molar-refractivity contribution in [3.05, 3.63) is 65.3 Å². The van der Waals surface area contributed by atoms with Crippen molar-refractivity contribution in [1.82, 2.24) is 10.2 Å². The van der Waals surface area contributed by atoms with Gasteiger partial charge < -0.3 is 18.9 Å². The number of hydrogen-bond acceptors (Lipinski definition) is 7. The molecule has 9 heteroatoms. The Balaban J connectivity index is 1.94. The summed E-state index contributed by atoms with van der Waals surface area (Å²) in [5.74, 6) is 0.542. The molecule has 1 saturated heterocycles. The van der Waals surface area contributed by atoms with Crippen LogP contribution >= 0.6 is 0 Å². The molecule has 0 unspecified atom stereocenters. The fourth-order valence-corrected chi connectivity index (χ4v) is 3.79. The number of amides is 4. The molecule has 36 heavy (non-hydrogen) atoms. The minimum atomic E-state index is -0.799. The van der Waals surface area contributed by atoms with Crippen LogP contribution < -0.4 is 24.3 Å². The summed E-state index contributed by atoms with van der Waals surface area (Å²) in [5.41, 5.74) is 1.76. The molecule has 1 heterocycles. The Kier molecular flexibility index (Phi) is 8.72. The van der Waals surface area contributed by atoms with Gasteiger partial charge >= 0.3 is 6.03 Å². The van der Waals surface area contributed by atoms with Crippen molar-refractivity contribution in [1.29, 1.82) is 0 Å². The normalized spacial score (nSPS) is 14.5. The Morgan fingerprint density at radius 2 is 1.72 bits per heavy atom. The number of nitrogens with zero attached hydrogens (tertiary/aromatic N) is 1. The van der Waals surface area contributed by atoms with Gasteiger partial charge in [0.15, 0.2) is 23.0 Å². The molecule has 4 amide bonds. The van der Waals surface area contributed by atoms with E-state index in [2.05, 4.69) is 11.9 Å². The van der Waals surface area contributed by atoms with Crippen LogP contribution in [0.25, 0.3) is 6.08 Å². The van der Waals surface area contributed by atoms with E-state index in [-0.39, 0.29) is 12.1 Å². The fraction of sp³-hybridized carbons (Fsp3) is 0.296. The highest BCUT2D eigenvalue weighted by Gasteiger charge is 2.36. The number of imide groups is 2. The molecule has 0 spiro atoms. The topological polar surface area (TPSA) is 103 Å². The van der Waals surface area contributed by atoms with E-state index >= 15 is 0 Å². The molecule has 1 aliphatic rings. The van der Waals surface area contributed by atoms with Crippen LogP contribution in [0.2, 0.25) is 0 Å². The van der Waals surface area contributed by atoms with E-state index in [9.17, 15) is 14.4 Å². The van der Waals surface area contributed by atoms with Gasteiger partial charge in [0, 0.05) is 5.56 Å². The summed E-state index contributed by atoms with van der Waals surface area (Å²) < 4.78 is 21.9. The second kappa shape index (κ2) is 11.9. The number of hydrogen-bond donors (Lipinski definition) is 1. The lowest BCUT2D eigenvalue weighted by Crippen LogP contribution is -2.53. The average Bonchev–Trinajstić information content (AvgIpc) is 2.87. The van der Waals surface area contributed by atoms with Gasteiger partial charge in [-0.05, 0) is 54.3 Å². The van der Waals surface area contributed by atoms with Crippen molar-refractivity contribution in [2.75, 3.05) is 27.9 Å². The van der Waals surface area contributed by atoms with E-state index in [1.807, 2.05) is 6.92 Å². The number of barbiturate groups is 1. The summed E-state index contributed by atoms with van der Waals surface area (Å²) in [7, 11) is 4.54. The van der Waals surface area contributed by atoms with Crippen LogP contribution in [0.15, 0.2) is 48.6 Å². The van der Waals surface area contributed by atoms with Crippen LogP contribution in [-0.4, -0.2) is 50.7 Å². The number of methoxy groups -OCH3 is 3. The molecule has 190 valence electrons. The molecular weight excluding hydrogens is 464 g/mol. The van der Waals surface area contributed by atoms with Gasteiger partial charge in [-0.3, -0.25) is 19.8 Å². The number of carbonyl (C=O) groups is 3. The van der Waals surface area contributed by atoms with Gasteiger partial charge in [-0.1, -0.05) is 19.1 Å². The van der Waals surface area contributed by atoms with Gasteiger partial charge in [0.05, 0.1) is 34.5 Å². The average molecular weight is 495 g/mol. The third-order valence-corrected chi connectivity index (χ3v) is 5.47. The molecule has 0 saturated carbocycles. The van der Waals surface area contributed by atoms with Gasteiger partial charge in [0.25, 0.3) is 11.8 Å². The Bertz CT molecular complexity index is 1200. The maximum atomic E-state index is 13.3. The number of allylic oxidation sites excluding steroid dienone is 1. The van der Waals surface area contributed by atoms with Crippen molar-refractivity contribution in [3.63, 3.8) is 0 Å². The van der Waals surface area contributed by atoms with Crippen LogP contribution in [0.5, 0.6) is 23.0 Å². The number of ether oxygens (including phenoxy) is 4. The largest absolute Gasteiger partial charge is 0.493 e. The molecule has 0 bridgehead atoms. The molecule has 0 atom stereocenters. The number of urea groups is 1.